The number of fused-ring (bicyclic) bond motifs is 2. The topological polar surface area (TPSA) is 101 Å². The quantitative estimate of drug-likeness (QED) is 0.386. The molecule has 8 nitrogen and oxygen atoms in total. The second-order valence-electron chi connectivity index (χ2n) is 8.30. The fraction of sp³-hybridized carbons (Fsp3) is 0.111. The first-order valence-electron chi connectivity index (χ1n) is 11.2. The van der Waals surface area contributed by atoms with Gasteiger partial charge in [0.1, 0.15) is 6.54 Å². The summed E-state index contributed by atoms with van der Waals surface area (Å²) < 4.78 is 2.72. The molecule has 2 N–H and O–H groups in total. The summed E-state index contributed by atoms with van der Waals surface area (Å²) in [6.45, 7) is 3.93. The monoisotopic (exact) mass is 465 g/mol. The number of nitrogens with zero attached hydrogens (tertiary/aromatic N) is 3. The molecule has 2 aromatic heterocycles. The van der Waals surface area contributed by atoms with E-state index >= 15 is 0 Å². The van der Waals surface area contributed by atoms with Gasteiger partial charge < -0.3 is 14.9 Å². The number of amides is 1. The molecule has 174 valence electrons. The zero-order chi connectivity index (χ0) is 24.5. The standard InChI is InChI=1S/C27H23N5O3/c1-17-9-3-6-12-22(17)29-25(33)16-31-18(2)21(19-10-5-8-14-24(19)31)15-28-32-26(34)20-11-4-7-13-23(20)30-27(32)35/h3-15H,16H2,1-2H3,(H,29,33)(H,30,35). The van der Waals surface area contributed by atoms with Crippen molar-refractivity contribution in [1.29, 1.82) is 0 Å². The average molecular weight is 466 g/mol. The van der Waals surface area contributed by atoms with Crippen LogP contribution in [0.5, 0.6) is 0 Å². The van der Waals surface area contributed by atoms with Crippen molar-refractivity contribution >= 4 is 39.6 Å². The molecular formula is C27H23N5O3. The van der Waals surface area contributed by atoms with Gasteiger partial charge in [0.15, 0.2) is 0 Å². The lowest BCUT2D eigenvalue weighted by Gasteiger charge is -2.11. The van der Waals surface area contributed by atoms with Crippen molar-refractivity contribution in [2.24, 2.45) is 5.10 Å². The van der Waals surface area contributed by atoms with E-state index in [4.69, 9.17) is 0 Å². The summed E-state index contributed by atoms with van der Waals surface area (Å²) in [5, 5.41) is 8.43. The lowest BCUT2D eigenvalue weighted by Crippen LogP contribution is -2.32. The number of rotatable bonds is 5. The van der Waals surface area contributed by atoms with Crippen LogP contribution in [-0.2, 0) is 11.3 Å². The number of hydrogen-bond acceptors (Lipinski definition) is 4. The maximum Gasteiger partial charge on any atom is 0.349 e. The maximum absolute atomic E-state index is 12.9. The van der Waals surface area contributed by atoms with Crippen molar-refractivity contribution in [2.45, 2.75) is 20.4 Å². The molecule has 3 aromatic carbocycles. The summed E-state index contributed by atoms with van der Waals surface area (Å²) in [7, 11) is 0. The van der Waals surface area contributed by atoms with Gasteiger partial charge in [-0.3, -0.25) is 9.59 Å². The van der Waals surface area contributed by atoms with Crippen molar-refractivity contribution in [3.8, 4) is 0 Å². The van der Waals surface area contributed by atoms with E-state index in [1.165, 1.54) is 6.21 Å². The largest absolute Gasteiger partial charge is 0.349 e. The summed E-state index contributed by atoms with van der Waals surface area (Å²) in [6.07, 6.45) is 1.50. The Balaban J connectivity index is 1.54. The molecule has 0 aliphatic heterocycles. The van der Waals surface area contributed by atoms with Crippen LogP contribution < -0.4 is 16.6 Å². The highest BCUT2D eigenvalue weighted by Gasteiger charge is 2.16. The third-order valence-corrected chi connectivity index (χ3v) is 6.09. The smallest absolute Gasteiger partial charge is 0.335 e. The molecule has 0 fully saturated rings. The van der Waals surface area contributed by atoms with Gasteiger partial charge >= 0.3 is 5.69 Å². The molecule has 0 spiro atoms. The SMILES string of the molecule is Cc1ccccc1NC(=O)Cn1c(C)c(C=Nn2c(=O)[nH]c3ccccc3c2=O)c2ccccc21. The summed E-state index contributed by atoms with van der Waals surface area (Å²) in [6, 6.07) is 22.0. The first-order valence-corrected chi connectivity index (χ1v) is 11.2. The van der Waals surface area contributed by atoms with Gasteiger partial charge in [0.2, 0.25) is 5.91 Å². The molecule has 0 bridgehead atoms. The Kier molecular flexibility index (Phi) is 5.62. The second kappa shape index (κ2) is 8.90. The van der Waals surface area contributed by atoms with E-state index in [9.17, 15) is 14.4 Å². The summed E-state index contributed by atoms with van der Waals surface area (Å²) in [5.74, 6) is -0.158. The number of H-pyrrole nitrogens is 1. The molecule has 2 heterocycles. The van der Waals surface area contributed by atoms with Gasteiger partial charge in [-0.1, -0.05) is 48.5 Å². The molecule has 5 aromatic rings. The van der Waals surface area contributed by atoms with Crippen LogP contribution in [0.2, 0.25) is 0 Å². The minimum Gasteiger partial charge on any atom is -0.335 e. The average Bonchev–Trinajstić information content (AvgIpc) is 3.11. The van der Waals surface area contributed by atoms with Crippen LogP contribution >= 0.6 is 0 Å². The number of nitrogens with one attached hydrogen (secondary N) is 2. The molecule has 0 saturated heterocycles. The number of carbonyl (C=O) groups is 1. The lowest BCUT2D eigenvalue weighted by atomic mass is 10.1. The number of carbonyl (C=O) groups excluding carboxylic acids is 1. The van der Waals surface area contributed by atoms with Crippen LogP contribution in [0, 0.1) is 13.8 Å². The molecule has 8 heteroatoms. The van der Waals surface area contributed by atoms with Gasteiger partial charge in [-0.25, -0.2) is 4.79 Å². The van der Waals surface area contributed by atoms with E-state index in [2.05, 4.69) is 15.4 Å². The second-order valence-corrected chi connectivity index (χ2v) is 8.30. The first kappa shape index (κ1) is 22.1. The van der Waals surface area contributed by atoms with Gasteiger partial charge in [-0.15, -0.1) is 4.68 Å². The highest BCUT2D eigenvalue weighted by Crippen LogP contribution is 2.25. The Morgan fingerprint density at radius 1 is 0.943 bits per heavy atom. The molecular weight excluding hydrogens is 442 g/mol. The van der Waals surface area contributed by atoms with Crippen molar-refractivity contribution in [1.82, 2.24) is 14.2 Å². The minimum absolute atomic E-state index is 0.102. The number of aryl methyl sites for hydroxylation is 1. The number of anilines is 1. The number of aromatic nitrogens is 3. The number of para-hydroxylation sites is 3. The van der Waals surface area contributed by atoms with Gasteiger partial charge in [0.25, 0.3) is 5.56 Å². The molecule has 0 aliphatic rings. The first-order chi connectivity index (χ1) is 16.9. The van der Waals surface area contributed by atoms with Gasteiger partial charge in [-0.2, -0.15) is 5.10 Å². The molecule has 0 aliphatic carbocycles. The van der Waals surface area contributed by atoms with Crippen molar-refractivity contribution < 1.29 is 4.79 Å². The Morgan fingerprint density at radius 3 is 2.43 bits per heavy atom. The predicted octanol–water partition coefficient (Wildman–Crippen LogP) is 3.78. The predicted molar refractivity (Wildman–Crippen MR) is 138 cm³/mol. The Morgan fingerprint density at radius 2 is 1.63 bits per heavy atom. The lowest BCUT2D eigenvalue weighted by molar-refractivity contribution is -0.116. The Bertz CT molecular complexity index is 1740. The van der Waals surface area contributed by atoms with E-state index in [1.54, 1.807) is 24.3 Å². The summed E-state index contributed by atoms with van der Waals surface area (Å²) in [5.41, 5.74) is 3.46. The molecule has 1 amide bonds. The van der Waals surface area contributed by atoms with Gasteiger partial charge in [0, 0.05) is 27.8 Å². The number of hydrogen-bond donors (Lipinski definition) is 2. The zero-order valence-electron chi connectivity index (χ0n) is 19.3. The fourth-order valence-corrected chi connectivity index (χ4v) is 4.24. The fourth-order valence-electron chi connectivity index (χ4n) is 4.24. The van der Waals surface area contributed by atoms with Crippen molar-refractivity contribution in [3.05, 3.63) is 110 Å². The van der Waals surface area contributed by atoms with Crippen LogP contribution in [0.3, 0.4) is 0 Å². The van der Waals surface area contributed by atoms with Gasteiger partial charge in [0.05, 0.1) is 17.1 Å². The van der Waals surface area contributed by atoms with Crippen LogP contribution in [0.4, 0.5) is 5.69 Å². The summed E-state index contributed by atoms with van der Waals surface area (Å²) in [4.78, 5) is 40.9. The van der Waals surface area contributed by atoms with E-state index in [0.29, 0.717) is 10.9 Å². The van der Waals surface area contributed by atoms with E-state index in [0.717, 1.165) is 38.1 Å². The highest BCUT2D eigenvalue weighted by molar-refractivity contribution is 6.02. The highest BCUT2D eigenvalue weighted by atomic mass is 16.2. The normalized spacial score (nSPS) is 11.5. The molecule has 5 rings (SSSR count). The van der Waals surface area contributed by atoms with E-state index in [1.807, 2.05) is 66.9 Å². The van der Waals surface area contributed by atoms with Crippen LogP contribution in [0.25, 0.3) is 21.8 Å². The third kappa shape index (κ3) is 4.06. The maximum atomic E-state index is 12.9. The minimum atomic E-state index is -0.621. The third-order valence-electron chi connectivity index (χ3n) is 6.09. The van der Waals surface area contributed by atoms with E-state index < -0.39 is 11.2 Å². The molecule has 0 saturated carbocycles. The van der Waals surface area contributed by atoms with Crippen LogP contribution in [0.15, 0.2) is 87.5 Å². The van der Waals surface area contributed by atoms with Crippen molar-refractivity contribution in [3.63, 3.8) is 0 Å². The van der Waals surface area contributed by atoms with Crippen LogP contribution in [0.1, 0.15) is 16.8 Å². The van der Waals surface area contributed by atoms with Crippen molar-refractivity contribution in [2.75, 3.05) is 5.32 Å². The molecule has 0 unspecified atom stereocenters. The van der Waals surface area contributed by atoms with Gasteiger partial charge in [-0.05, 0) is 43.7 Å². The zero-order valence-corrected chi connectivity index (χ0v) is 19.3. The summed E-state index contributed by atoms with van der Waals surface area (Å²) >= 11 is 0. The number of aromatic amines is 1. The molecule has 0 atom stereocenters. The van der Waals surface area contributed by atoms with E-state index in [-0.39, 0.29) is 12.5 Å². The number of benzene rings is 3. The Labute approximate surface area is 200 Å². The molecule has 0 radical (unpaired) electrons. The van der Waals surface area contributed by atoms with Crippen LogP contribution in [-0.4, -0.2) is 26.3 Å². The Hall–Kier alpha value is -4.72. The molecule has 35 heavy (non-hydrogen) atoms.